The van der Waals surface area contributed by atoms with E-state index in [0.29, 0.717) is 12.1 Å². The number of benzene rings is 1. The standard InChI is InChI=1S/C14H13BrFN3/c15-10-4-5-12(16)9(6-10)7-17-14-11-2-1-3-13(11)18-8-19-14/h4-6,8H,1-3,7H2,(H,17,18,19). The Bertz CT molecular complexity index is 616. The SMILES string of the molecule is Fc1ccc(Br)cc1CNc1ncnc2c1CCC2. The molecule has 0 spiro atoms. The van der Waals surface area contributed by atoms with Crippen molar-refractivity contribution < 1.29 is 4.39 Å². The zero-order chi connectivity index (χ0) is 13.2. The summed E-state index contributed by atoms with van der Waals surface area (Å²) in [6.07, 6.45) is 4.70. The van der Waals surface area contributed by atoms with E-state index >= 15 is 0 Å². The summed E-state index contributed by atoms with van der Waals surface area (Å²) in [5.41, 5.74) is 2.92. The van der Waals surface area contributed by atoms with Gasteiger partial charge in [0.25, 0.3) is 0 Å². The summed E-state index contributed by atoms with van der Waals surface area (Å²) in [6, 6.07) is 4.94. The lowest BCUT2D eigenvalue weighted by Crippen LogP contribution is -2.06. The number of hydrogen-bond acceptors (Lipinski definition) is 3. The number of fused-ring (bicyclic) bond motifs is 1. The van der Waals surface area contributed by atoms with Gasteiger partial charge in [-0.25, -0.2) is 14.4 Å². The van der Waals surface area contributed by atoms with Gasteiger partial charge in [0.15, 0.2) is 0 Å². The summed E-state index contributed by atoms with van der Waals surface area (Å²) in [5, 5.41) is 3.22. The average Bonchev–Trinajstić information content (AvgIpc) is 2.88. The van der Waals surface area contributed by atoms with Gasteiger partial charge in [0.1, 0.15) is 18.0 Å². The lowest BCUT2D eigenvalue weighted by atomic mass is 10.2. The predicted octanol–water partition coefficient (Wildman–Crippen LogP) is 3.48. The molecule has 0 unspecified atom stereocenters. The fourth-order valence-corrected chi connectivity index (χ4v) is 2.78. The summed E-state index contributed by atoms with van der Waals surface area (Å²) in [4.78, 5) is 8.54. The van der Waals surface area contributed by atoms with Crippen LogP contribution in [0.2, 0.25) is 0 Å². The minimum atomic E-state index is -0.207. The number of rotatable bonds is 3. The van der Waals surface area contributed by atoms with Crippen LogP contribution in [-0.4, -0.2) is 9.97 Å². The van der Waals surface area contributed by atoms with Gasteiger partial charge in [-0.2, -0.15) is 0 Å². The predicted molar refractivity (Wildman–Crippen MR) is 75.5 cm³/mol. The number of aryl methyl sites for hydroxylation is 1. The van der Waals surface area contributed by atoms with Crippen molar-refractivity contribution in [1.82, 2.24) is 9.97 Å². The highest BCUT2D eigenvalue weighted by molar-refractivity contribution is 9.10. The Balaban J connectivity index is 1.80. The Morgan fingerprint density at radius 3 is 3.05 bits per heavy atom. The van der Waals surface area contributed by atoms with Crippen molar-refractivity contribution in [2.75, 3.05) is 5.32 Å². The smallest absolute Gasteiger partial charge is 0.133 e. The molecule has 0 fully saturated rings. The molecule has 1 N–H and O–H groups in total. The molecule has 3 nitrogen and oxygen atoms in total. The molecule has 2 aromatic rings. The Morgan fingerprint density at radius 1 is 1.26 bits per heavy atom. The van der Waals surface area contributed by atoms with Crippen LogP contribution in [0.15, 0.2) is 29.0 Å². The number of anilines is 1. The van der Waals surface area contributed by atoms with Crippen molar-refractivity contribution in [1.29, 1.82) is 0 Å². The molecule has 0 radical (unpaired) electrons. The molecular weight excluding hydrogens is 309 g/mol. The first kappa shape index (κ1) is 12.5. The Hall–Kier alpha value is -1.49. The minimum Gasteiger partial charge on any atom is -0.366 e. The second-order valence-electron chi connectivity index (χ2n) is 4.59. The fourth-order valence-electron chi connectivity index (χ4n) is 2.37. The molecule has 5 heteroatoms. The van der Waals surface area contributed by atoms with Gasteiger partial charge in [0.2, 0.25) is 0 Å². The molecule has 0 atom stereocenters. The second-order valence-corrected chi connectivity index (χ2v) is 5.51. The molecule has 1 aliphatic carbocycles. The summed E-state index contributed by atoms with van der Waals surface area (Å²) in [5.74, 6) is 0.628. The number of nitrogens with one attached hydrogen (secondary N) is 1. The quantitative estimate of drug-likeness (QED) is 0.940. The molecule has 0 amide bonds. The van der Waals surface area contributed by atoms with E-state index in [4.69, 9.17) is 0 Å². The van der Waals surface area contributed by atoms with Gasteiger partial charge in [-0.1, -0.05) is 15.9 Å². The molecule has 0 bridgehead atoms. The van der Waals surface area contributed by atoms with Crippen LogP contribution in [0.4, 0.5) is 10.2 Å². The molecule has 0 saturated carbocycles. The Morgan fingerprint density at radius 2 is 2.16 bits per heavy atom. The highest BCUT2D eigenvalue weighted by Crippen LogP contribution is 2.25. The minimum absolute atomic E-state index is 0.207. The van der Waals surface area contributed by atoms with Crippen LogP contribution in [0.5, 0.6) is 0 Å². The lowest BCUT2D eigenvalue weighted by molar-refractivity contribution is 0.612. The maximum atomic E-state index is 13.7. The third kappa shape index (κ3) is 2.61. The van der Waals surface area contributed by atoms with Gasteiger partial charge in [0, 0.05) is 27.8 Å². The van der Waals surface area contributed by atoms with E-state index in [1.807, 2.05) is 0 Å². The summed E-state index contributed by atoms with van der Waals surface area (Å²) >= 11 is 3.35. The van der Waals surface area contributed by atoms with E-state index in [1.54, 1.807) is 18.5 Å². The van der Waals surface area contributed by atoms with E-state index in [1.165, 1.54) is 11.6 Å². The van der Waals surface area contributed by atoms with Gasteiger partial charge < -0.3 is 5.32 Å². The van der Waals surface area contributed by atoms with Crippen molar-refractivity contribution >= 4 is 21.7 Å². The first-order chi connectivity index (χ1) is 9.24. The molecule has 0 saturated heterocycles. The Labute approximate surface area is 119 Å². The number of hydrogen-bond donors (Lipinski definition) is 1. The largest absolute Gasteiger partial charge is 0.366 e. The van der Waals surface area contributed by atoms with Crippen LogP contribution in [0, 0.1) is 5.82 Å². The number of nitrogens with zero attached hydrogens (tertiary/aromatic N) is 2. The van der Waals surface area contributed by atoms with E-state index in [2.05, 4.69) is 31.2 Å². The summed E-state index contributed by atoms with van der Waals surface area (Å²) in [6.45, 7) is 0.425. The van der Waals surface area contributed by atoms with Gasteiger partial charge in [-0.05, 0) is 37.5 Å². The molecule has 1 heterocycles. The molecule has 19 heavy (non-hydrogen) atoms. The van der Waals surface area contributed by atoms with Gasteiger partial charge in [0.05, 0.1) is 0 Å². The number of halogens is 2. The van der Waals surface area contributed by atoms with Gasteiger partial charge in [-0.15, -0.1) is 0 Å². The van der Waals surface area contributed by atoms with Gasteiger partial charge in [-0.3, -0.25) is 0 Å². The van der Waals surface area contributed by atoms with Crippen LogP contribution in [0.25, 0.3) is 0 Å². The van der Waals surface area contributed by atoms with Crippen LogP contribution in [0.1, 0.15) is 23.2 Å². The summed E-state index contributed by atoms with van der Waals surface area (Å²) < 4.78 is 14.5. The monoisotopic (exact) mass is 321 g/mol. The molecule has 3 rings (SSSR count). The third-order valence-electron chi connectivity index (χ3n) is 3.33. The van der Waals surface area contributed by atoms with E-state index in [0.717, 1.165) is 35.2 Å². The molecule has 1 aromatic heterocycles. The van der Waals surface area contributed by atoms with Crippen molar-refractivity contribution in [2.45, 2.75) is 25.8 Å². The van der Waals surface area contributed by atoms with Crippen LogP contribution < -0.4 is 5.32 Å². The zero-order valence-electron chi connectivity index (χ0n) is 10.3. The highest BCUT2D eigenvalue weighted by Gasteiger charge is 2.16. The van der Waals surface area contributed by atoms with E-state index in [9.17, 15) is 4.39 Å². The van der Waals surface area contributed by atoms with Crippen molar-refractivity contribution in [2.24, 2.45) is 0 Å². The molecular formula is C14H13BrFN3. The zero-order valence-corrected chi connectivity index (χ0v) is 11.9. The first-order valence-corrected chi connectivity index (χ1v) is 7.04. The number of aromatic nitrogens is 2. The van der Waals surface area contributed by atoms with Crippen LogP contribution in [-0.2, 0) is 19.4 Å². The van der Waals surface area contributed by atoms with Crippen LogP contribution in [0.3, 0.4) is 0 Å². The highest BCUT2D eigenvalue weighted by atomic mass is 79.9. The normalized spacial score (nSPS) is 13.4. The molecule has 98 valence electrons. The fraction of sp³-hybridized carbons (Fsp3) is 0.286. The molecule has 1 aromatic carbocycles. The van der Waals surface area contributed by atoms with Crippen molar-refractivity contribution in [3.8, 4) is 0 Å². The van der Waals surface area contributed by atoms with Gasteiger partial charge >= 0.3 is 0 Å². The Kier molecular flexibility index (Phi) is 3.46. The maximum Gasteiger partial charge on any atom is 0.133 e. The third-order valence-corrected chi connectivity index (χ3v) is 3.82. The first-order valence-electron chi connectivity index (χ1n) is 6.24. The second kappa shape index (κ2) is 5.25. The molecule has 0 aliphatic heterocycles. The molecule has 1 aliphatic rings. The van der Waals surface area contributed by atoms with Crippen molar-refractivity contribution in [3.63, 3.8) is 0 Å². The summed E-state index contributed by atoms with van der Waals surface area (Å²) in [7, 11) is 0. The lowest BCUT2D eigenvalue weighted by Gasteiger charge is -2.10. The van der Waals surface area contributed by atoms with Crippen LogP contribution >= 0.6 is 15.9 Å². The van der Waals surface area contributed by atoms with E-state index < -0.39 is 0 Å². The van der Waals surface area contributed by atoms with Crippen molar-refractivity contribution in [3.05, 3.63) is 51.6 Å². The topological polar surface area (TPSA) is 37.8 Å². The maximum absolute atomic E-state index is 13.7. The van der Waals surface area contributed by atoms with E-state index in [-0.39, 0.29) is 5.82 Å². The average molecular weight is 322 g/mol.